The van der Waals surface area contributed by atoms with E-state index in [1.165, 1.54) is 6.07 Å². The van der Waals surface area contributed by atoms with E-state index in [0.717, 1.165) is 30.4 Å². The maximum absolute atomic E-state index is 12.2. The van der Waals surface area contributed by atoms with Gasteiger partial charge in [-0.25, -0.2) is 4.79 Å². The molecule has 0 atom stereocenters. The van der Waals surface area contributed by atoms with Crippen LogP contribution in [-0.4, -0.2) is 24.1 Å². The third kappa shape index (κ3) is 3.70. The number of benzene rings is 1. The minimum atomic E-state index is -1.03. The van der Waals surface area contributed by atoms with Gasteiger partial charge < -0.3 is 15.2 Å². The first kappa shape index (κ1) is 15.3. The van der Waals surface area contributed by atoms with E-state index in [2.05, 4.69) is 5.32 Å². The zero-order valence-corrected chi connectivity index (χ0v) is 12.2. The molecule has 0 aromatic heterocycles. The number of carbonyl (C=O) groups is 2. The number of carbonyl (C=O) groups excluding carboxylic acids is 1. The van der Waals surface area contributed by atoms with E-state index in [1.807, 2.05) is 6.92 Å². The van der Waals surface area contributed by atoms with Crippen molar-refractivity contribution in [2.24, 2.45) is 0 Å². The van der Waals surface area contributed by atoms with Gasteiger partial charge in [0, 0.05) is 18.4 Å². The molecule has 112 valence electrons. The largest absolute Gasteiger partial charge is 0.478 e. The molecule has 0 aliphatic heterocycles. The van der Waals surface area contributed by atoms with Crippen LogP contribution in [0.4, 0.5) is 5.69 Å². The van der Waals surface area contributed by atoms with Crippen molar-refractivity contribution in [1.82, 2.24) is 0 Å². The van der Waals surface area contributed by atoms with Gasteiger partial charge >= 0.3 is 5.97 Å². The van der Waals surface area contributed by atoms with Crippen LogP contribution in [0.25, 0.3) is 0 Å². The van der Waals surface area contributed by atoms with Gasteiger partial charge in [-0.3, -0.25) is 4.79 Å². The normalized spacial score (nSPS) is 14.4. The van der Waals surface area contributed by atoms with Gasteiger partial charge in [0.25, 0.3) is 5.91 Å². The summed E-state index contributed by atoms with van der Waals surface area (Å²) < 4.78 is 5.02. The molecule has 0 heterocycles. The van der Waals surface area contributed by atoms with Crippen LogP contribution in [-0.2, 0) is 16.1 Å². The Bertz CT molecular complexity index is 604. The molecule has 5 heteroatoms. The van der Waals surface area contributed by atoms with Crippen LogP contribution in [0.1, 0.15) is 42.1 Å². The Labute approximate surface area is 123 Å². The molecule has 1 aliphatic carbocycles. The maximum atomic E-state index is 12.2. The second-order valence-corrected chi connectivity index (χ2v) is 5.22. The second-order valence-electron chi connectivity index (χ2n) is 5.22. The average molecular weight is 289 g/mol. The van der Waals surface area contributed by atoms with Crippen molar-refractivity contribution in [1.29, 1.82) is 0 Å². The number of hydrogen-bond donors (Lipinski definition) is 2. The Kier molecular flexibility index (Phi) is 4.75. The maximum Gasteiger partial charge on any atom is 0.335 e. The third-order valence-electron chi connectivity index (χ3n) is 3.58. The minimum absolute atomic E-state index is 0.136. The molecular formula is C16H19NO4. The monoisotopic (exact) mass is 289 g/mol. The zero-order chi connectivity index (χ0) is 15.4. The molecular weight excluding hydrogens is 270 g/mol. The topological polar surface area (TPSA) is 75.6 Å². The third-order valence-corrected chi connectivity index (χ3v) is 3.58. The van der Waals surface area contributed by atoms with E-state index in [4.69, 9.17) is 9.84 Å². The van der Waals surface area contributed by atoms with E-state index in [9.17, 15) is 9.59 Å². The number of amides is 1. The number of nitrogens with one attached hydrogen (secondary N) is 1. The second kappa shape index (κ2) is 6.54. The van der Waals surface area contributed by atoms with E-state index in [0.29, 0.717) is 17.9 Å². The molecule has 0 radical (unpaired) electrons. The fourth-order valence-electron chi connectivity index (χ4n) is 2.55. The lowest BCUT2D eigenvalue weighted by molar-refractivity contribution is -0.113. The number of hydrogen-bond acceptors (Lipinski definition) is 3. The fraction of sp³-hybridized carbons (Fsp3) is 0.375. The van der Waals surface area contributed by atoms with Gasteiger partial charge in [0.15, 0.2) is 0 Å². The van der Waals surface area contributed by atoms with Crippen molar-refractivity contribution in [3.63, 3.8) is 0 Å². The molecule has 2 rings (SSSR count). The summed E-state index contributed by atoms with van der Waals surface area (Å²) in [5.41, 5.74) is 3.25. The Balaban J connectivity index is 2.24. The summed E-state index contributed by atoms with van der Waals surface area (Å²) in [5, 5.41) is 11.9. The van der Waals surface area contributed by atoms with Gasteiger partial charge in [0.1, 0.15) is 0 Å². The Morgan fingerprint density at radius 3 is 2.62 bits per heavy atom. The van der Waals surface area contributed by atoms with E-state index in [1.54, 1.807) is 19.2 Å². The van der Waals surface area contributed by atoms with Crippen LogP contribution in [0.15, 0.2) is 29.3 Å². The molecule has 1 aromatic rings. The van der Waals surface area contributed by atoms with Gasteiger partial charge in [0.2, 0.25) is 0 Å². The molecule has 0 spiro atoms. The molecule has 1 amide bonds. The predicted molar refractivity (Wildman–Crippen MR) is 79.3 cm³/mol. The van der Waals surface area contributed by atoms with Crippen LogP contribution in [0.3, 0.4) is 0 Å². The van der Waals surface area contributed by atoms with Gasteiger partial charge in [-0.15, -0.1) is 0 Å². The molecule has 5 nitrogen and oxygen atoms in total. The summed E-state index contributed by atoms with van der Waals surface area (Å²) >= 11 is 0. The van der Waals surface area contributed by atoms with Crippen LogP contribution >= 0.6 is 0 Å². The molecule has 0 saturated carbocycles. The van der Waals surface area contributed by atoms with Crippen LogP contribution in [0.2, 0.25) is 0 Å². The highest BCUT2D eigenvalue weighted by atomic mass is 16.5. The number of carboxylic acid groups (broad SMARTS) is 1. The molecule has 0 unspecified atom stereocenters. The molecule has 0 saturated heterocycles. The van der Waals surface area contributed by atoms with Crippen molar-refractivity contribution in [3.8, 4) is 0 Å². The van der Waals surface area contributed by atoms with E-state index >= 15 is 0 Å². The van der Waals surface area contributed by atoms with Gasteiger partial charge in [0.05, 0.1) is 12.2 Å². The molecule has 2 N–H and O–H groups in total. The van der Waals surface area contributed by atoms with Gasteiger partial charge in [-0.2, -0.15) is 0 Å². The van der Waals surface area contributed by atoms with Crippen LogP contribution < -0.4 is 5.32 Å². The SMILES string of the molecule is COCc1cc(NC(=O)C2=C(C)CCC2)cc(C(=O)O)c1. The number of aromatic carboxylic acids is 1. The summed E-state index contributed by atoms with van der Waals surface area (Å²) in [4.78, 5) is 23.4. The number of allylic oxidation sites excluding steroid dienone is 1. The van der Waals surface area contributed by atoms with Crippen molar-refractivity contribution < 1.29 is 19.4 Å². The summed E-state index contributed by atoms with van der Waals surface area (Å²) in [6, 6.07) is 4.74. The standard InChI is InChI=1S/C16H19NO4/c1-10-4-3-5-14(10)15(18)17-13-7-11(9-21-2)6-12(8-13)16(19)20/h6-8H,3-5,9H2,1-2H3,(H,17,18)(H,19,20). The molecule has 0 fully saturated rings. The highest BCUT2D eigenvalue weighted by Crippen LogP contribution is 2.27. The van der Waals surface area contributed by atoms with E-state index < -0.39 is 5.97 Å². The predicted octanol–water partition coefficient (Wildman–Crippen LogP) is 2.97. The zero-order valence-electron chi connectivity index (χ0n) is 12.2. The Morgan fingerprint density at radius 1 is 1.29 bits per heavy atom. The lowest BCUT2D eigenvalue weighted by atomic mass is 10.1. The molecule has 0 bridgehead atoms. The summed E-state index contributed by atoms with van der Waals surface area (Å²) in [6.07, 6.45) is 2.73. The number of anilines is 1. The molecule has 1 aromatic carbocycles. The lowest BCUT2D eigenvalue weighted by Gasteiger charge is -2.10. The first-order valence-corrected chi connectivity index (χ1v) is 6.87. The smallest absolute Gasteiger partial charge is 0.335 e. The fourth-order valence-corrected chi connectivity index (χ4v) is 2.55. The van der Waals surface area contributed by atoms with E-state index in [-0.39, 0.29) is 11.5 Å². The highest BCUT2D eigenvalue weighted by molar-refractivity contribution is 6.05. The quantitative estimate of drug-likeness (QED) is 0.873. The van der Waals surface area contributed by atoms with Crippen LogP contribution in [0, 0.1) is 0 Å². The number of carboxylic acids is 1. The van der Waals surface area contributed by atoms with Gasteiger partial charge in [-0.05, 0) is 49.9 Å². The van der Waals surface area contributed by atoms with Gasteiger partial charge in [-0.1, -0.05) is 5.57 Å². The highest BCUT2D eigenvalue weighted by Gasteiger charge is 2.18. The molecule has 1 aliphatic rings. The first-order valence-electron chi connectivity index (χ1n) is 6.87. The Morgan fingerprint density at radius 2 is 2.05 bits per heavy atom. The first-order chi connectivity index (χ1) is 10.0. The summed E-state index contributed by atoms with van der Waals surface area (Å²) in [7, 11) is 1.54. The minimum Gasteiger partial charge on any atom is -0.478 e. The molecule has 21 heavy (non-hydrogen) atoms. The number of methoxy groups -OCH3 is 1. The average Bonchev–Trinajstić information content (AvgIpc) is 2.85. The van der Waals surface area contributed by atoms with Crippen molar-refractivity contribution >= 4 is 17.6 Å². The van der Waals surface area contributed by atoms with Crippen LogP contribution in [0.5, 0.6) is 0 Å². The summed E-state index contributed by atoms with van der Waals surface area (Å²) in [6.45, 7) is 2.26. The lowest BCUT2D eigenvalue weighted by Crippen LogP contribution is -2.15. The van der Waals surface area contributed by atoms with Crippen molar-refractivity contribution in [3.05, 3.63) is 40.5 Å². The summed E-state index contributed by atoms with van der Waals surface area (Å²) in [5.74, 6) is -1.17. The number of ether oxygens (including phenoxy) is 1. The van der Waals surface area contributed by atoms with Crippen molar-refractivity contribution in [2.45, 2.75) is 32.8 Å². The Hall–Kier alpha value is -2.14. The number of rotatable bonds is 5. The van der Waals surface area contributed by atoms with Crippen molar-refractivity contribution in [2.75, 3.05) is 12.4 Å².